The second-order valence-corrected chi connectivity index (χ2v) is 14.7. The topological polar surface area (TPSA) is 74.6 Å². The molecule has 0 saturated carbocycles. The van der Waals surface area contributed by atoms with Gasteiger partial charge in [-0.2, -0.15) is 0 Å². The van der Waals surface area contributed by atoms with Crippen LogP contribution in [0, 0.1) is 0 Å². The van der Waals surface area contributed by atoms with Gasteiger partial charge in [0, 0.05) is 49.5 Å². The molecule has 0 saturated heterocycles. The third-order valence-corrected chi connectivity index (χ3v) is 11.2. The van der Waals surface area contributed by atoms with Crippen LogP contribution in [0.2, 0.25) is 0 Å². The van der Waals surface area contributed by atoms with Crippen LogP contribution in [0.15, 0.2) is 199 Å². The van der Waals surface area contributed by atoms with Gasteiger partial charge in [-0.1, -0.05) is 133 Å². The number of fused-ring (bicyclic) bond motifs is 8. The van der Waals surface area contributed by atoms with Crippen LogP contribution < -0.4 is 0 Å². The maximum atomic E-state index is 6.41. The molecule has 0 aliphatic heterocycles. The van der Waals surface area contributed by atoms with Gasteiger partial charge in [0.15, 0.2) is 23.1 Å². The number of aromatic nitrogens is 6. The number of nitrogens with zero attached hydrogens (tertiary/aromatic N) is 6. The molecular weight excluding hydrogens is 725 g/mol. The Morgan fingerprint density at radius 1 is 0.339 bits per heavy atom. The highest BCUT2D eigenvalue weighted by molar-refractivity contribution is 6.24. The predicted molar refractivity (Wildman–Crippen MR) is 238 cm³/mol. The minimum Gasteiger partial charge on any atom is -0.436 e. The smallest absolute Gasteiger partial charge is 0.227 e. The Labute approximate surface area is 338 Å². The Hall–Kier alpha value is -8.16. The van der Waals surface area contributed by atoms with Crippen molar-refractivity contribution >= 4 is 54.7 Å². The molecule has 59 heavy (non-hydrogen) atoms. The van der Waals surface area contributed by atoms with Crippen LogP contribution in [0.5, 0.6) is 0 Å². The second-order valence-electron chi connectivity index (χ2n) is 14.7. The number of oxazole rings is 1. The van der Waals surface area contributed by atoms with Gasteiger partial charge >= 0.3 is 0 Å². The molecule has 0 amide bonds. The zero-order chi connectivity index (χ0) is 38.9. The van der Waals surface area contributed by atoms with Gasteiger partial charge in [0.2, 0.25) is 5.89 Å². The number of rotatable bonds is 6. The van der Waals surface area contributed by atoms with E-state index in [-0.39, 0.29) is 0 Å². The highest BCUT2D eigenvalue weighted by Crippen LogP contribution is 2.43. The highest BCUT2D eigenvalue weighted by Gasteiger charge is 2.23. The first kappa shape index (κ1) is 33.0. The maximum absolute atomic E-state index is 6.41. The van der Waals surface area contributed by atoms with Gasteiger partial charge in [-0.05, 0) is 60.7 Å². The van der Waals surface area contributed by atoms with Gasteiger partial charge in [-0.3, -0.25) is 0 Å². The third-order valence-electron chi connectivity index (χ3n) is 11.2. The molecule has 0 atom stereocenters. The molecule has 0 bridgehead atoms. The van der Waals surface area contributed by atoms with Gasteiger partial charge in [0.05, 0.1) is 27.8 Å². The first-order valence-corrected chi connectivity index (χ1v) is 19.7. The lowest BCUT2D eigenvalue weighted by Gasteiger charge is -2.13. The summed E-state index contributed by atoms with van der Waals surface area (Å²) in [6.45, 7) is 0. The standard InChI is InChI=1S/C52H32N6O/c1-4-15-33(16-5-1)49-54-50(34-17-6-2-7-18-34)56-51(55-49)35-27-29-37(30-28-35)57-42-23-12-10-21-38(42)40-31-32-41-39-22-11-13-24-43(39)58(48(41)47(40)57)44-25-14-26-45-46(44)53-52(59-45)36-19-8-3-9-20-36/h1-32H. The average Bonchev–Trinajstić information content (AvgIpc) is 4.01. The van der Waals surface area contributed by atoms with Crippen molar-refractivity contribution in [3.05, 3.63) is 194 Å². The summed E-state index contributed by atoms with van der Waals surface area (Å²) in [5.41, 5.74) is 11.6. The Morgan fingerprint density at radius 2 is 0.814 bits per heavy atom. The summed E-state index contributed by atoms with van der Waals surface area (Å²) in [4.78, 5) is 20.0. The molecule has 7 nitrogen and oxygen atoms in total. The highest BCUT2D eigenvalue weighted by atomic mass is 16.3. The fraction of sp³-hybridized carbons (Fsp3) is 0. The summed E-state index contributed by atoms with van der Waals surface area (Å²) in [6, 6.07) is 66.8. The number of benzene rings is 8. The van der Waals surface area contributed by atoms with Gasteiger partial charge < -0.3 is 13.6 Å². The van der Waals surface area contributed by atoms with Crippen molar-refractivity contribution in [1.29, 1.82) is 0 Å². The van der Waals surface area contributed by atoms with Crippen LogP contribution in [-0.2, 0) is 0 Å². The normalized spacial score (nSPS) is 11.7. The van der Waals surface area contributed by atoms with E-state index in [2.05, 4.69) is 106 Å². The second kappa shape index (κ2) is 13.2. The predicted octanol–water partition coefficient (Wildman–Crippen LogP) is 12.9. The number of hydrogen-bond acceptors (Lipinski definition) is 5. The minimum atomic E-state index is 0.595. The fourth-order valence-corrected chi connectivity index (χ4v) is 8.54. The lowest BCUT2D eigenvalue weighted by molar-refractivity contribution is 0.620. The lowest BCUT2D eigenvalue weighted by Crippen LogP contribution is -2.01. The minimum absolute atomic E-state index is 0.595. The fourth-order valence-electron chi connectivity index (χ4n) is 8.54. The molecule has 12 rings (SSSR count). The van der Waals surface area contributed by atoms with E-state index in [4.69, 9.17) is 24.4 Å². The van der Waals surface area contributed by atoms with Crippen LogP contribution >= 0.6 is 0 Å². The SMILES string of the molecule is c1ccc(-c2nc(-c3ccccc3)nc(-c3ccc(-n4c5ccccc5c5ccc6c7ccccc7n(-c7cccc8oc(-c9ccccc9)nc78)c6c54)cc3)n2)cc1. The van der Waals surface area contributed by atoms with Crippen molar-refractivity contribution in [2.24, 2.45) is 0 Å². The van der Waals surface area contributed by atoms with E-state index in [1.807, 2.05) is 97.1 Å². The molecule has 7 heteroatoms. The molecular formula is C52H32N6O. The van der Waals surface area contributed by atoms with Crippen molar-refractivity contribution in [3.8, 4) is 57.0 Å². The van der Waals surface area contributed by atoms with Crippen molar-refractivity contribution in [2.45, 2.75) is 0 Å². The monoisotopic (exact) mass is 756 g/mol. The van der Waals surface area contributed by atoms with Crippen LogP contribution in [0.1, 0.15) is 0 Å². The summed E-state index contributed by atoms with van der Waals surface area (Å²) in [5, 5.41) is 4.66. The first-order chi connectivity index (χ1) is 29.3. The summed E-state index contributed by atoms with van der Waals surface area (Å²) >= 11 is 0. The van der Waals surface area contributed by atoms with Gasteiger partial charge in [0.25, 0.3) is 0 Å². The summed E-state index contributed by atoms with van der Waals surface area (Å²) in [6.07, 6.45) is 0. The lowest BCUT2D eigenvalue weighted by atomic mass is 10.1. The quantitative estimate of drug-likeness (QED) is 0.169. The molecule has 0 N–H and O–H groups in total. The molecule has 0 unspecified atom stereocenters. The van der Waals surface area contributed by atoms with Crippen LogP contribution in [-0.4, -0.2) is 29.1 Å². The van der Waals surface area contributed by atoms with E-state index >= 15 is 0 Å². The van der Waals surface area contributed by atoms with Crippen LogP contribution in [0.4, 0.5) is 0 Å². The van der Waals surface area contributed by atoms with E-state index in [1.165, 1.54) is 10.8 Å². The average molecular weight is 757 g/mol. The Balaban J connectivity index is 1.09. The van der Waals surface area contributed by atoms with E-state index in [0.717, 1.165) is 77.6 Å². The van der Waals surface area contributed by atoms with Crippen molar-refractivity contribution in [2.75, 3.05) is 0 Å². The molecule has 8 aromatic carbocycles. The number of para-hydroxylation sites is 3. The van der Waals surface area contributed by atoms with Crippen LogP contribution in [0.25, 0.3) is 112 Å². The van der Waals surface area contributed by atoms with Gasteiger partial charge in [0.1, 0.15) is 5.52 Å². The van der Waals surface area contributed by atoms with Gasteiger partial charge in [-0.15, -0.1) is 0 Å². The van der Waals surface area contributed by atoms with E-state index in [1.54, 1.807) is 0 Å². The van der Waals surface area contributed by atoms with E-state index in [9.17, 15) is 0 Å². The van der Waals surface area contributed by atoms with Gasteiger partial charge in [-0.25, -0.2) is 19.9 Å². The molecule has 4 heterocycles. The van der Waals surface area contributed by atoms with Crippen molar-refractivity contribution in [3.63, 3.8) is 0 Å². The first-order valence-electron chi connectivity index (χ1n) is 19.7. The molecule has 4 aromatic heterocycles. The Bertz CT molecular complexity index is 3480. The number of hydrogen-bond donors (Lipinski definition) is 0. The van der Waals surface area contributed by atoms with Crippen molar-refractivity contribution < 1.29 is 4.42 Å². The summed E-state index contributed by atoms with van der Waals surface area (Å²) < 4.78 is 11.2. The molecule has 0 radical (unpaired) electrons. The molecule has 12 aromatic rings. The molecule has 0 fully saturated rings. The maximum Gasteiger partial charge on any atom is 0.227 e. The van der Waals surface area contributed by atoms with E-state index in [0.29, 0.717) is 23.4 Å². The molecule has 0 spiro atoms. The van der Waals surface area contributed by atoms with Crippen LogP contribution in [0.3, 0.4) is 0 Å². The van der Waals surface area contributed by atoms with Crippen molar-refractivity contribution in [1.82, 2.24) is 29.1 Å². The molecule has 276 valence electrons. The zero-order valence-electron chi connectivity index (χ0n) is 31.6. The zero-order valence-corrected chi connectivity index (χ0v) is 31.6. The Kier molecular flexibility index (Phi) is 7.40. The summed E-state index contributed by atoms with van der Waals surface area (Å²) in [7, 11) is 0. The largest absolute Gasteiger partial charge is 0.436 e. The Morgan fingerprint density at radius 3 is 1.39 bits per heavy atom. The molecule has 0 aliphatic rings. The van der Waals surface area contributed by atoms with E-state index < -0.39 is 0 Å². The third kappa shape index (κ3) is 5.29. The molecule has 0 aliphatic carbocycles. The summed E-state index contributed by atoms with van der Waals surface area (Å²) in [5.74, 6) is 2.48.